The molecular weight excluding hydrogens is 368 g/mol. The van der Waals surface area contributed by atoms with Gasteiger partial charge in [0.1, 0.15) is 0 Å². The Bertz CT molecular complexity index is 1240. The van der Waals surface area contributed by atoms with Crippen molar-refractivity contribution < 1.29 is 4.79 Å². The molecule has 30 heavy (non-hydrogen) atoms. The summed E-state index contributed by atoms with van der Waals surface area (Å²) in [6.07, 6.45) is 0.711. The van der Waals surface area contributed by atoms with Crippen LogP contribution in [-0.4, -0.2) is 16.6 Å². The van der Waals surface area contributed by atoms with Crippen molar-refractivity contribution in [3.8, 4) is 11.1 Å². The zero-order valence-electron chi connectivity index (χ0n) is 16.8. The van der Waals surface area contributed by atoms with Gasteiger partial charge in [0.05, 0.1) is 11.8 Å². The number of amides is 1. The van der Waals surface area contributed by atoms with Crippen LogP contribution in [0.15, 0.2) is 102 Å². The van der Waals surface area contributed by atoms with Gasteiger partial charge in [0, 0.05) is 13.3 Å². The number of hydrazone groups is 1. The zero-order valence-corrected chi connectivity index (χ0v) is 16.8. The molecule has 146 valence electrons. The number of hydrogen-bond acceptors (Lipinski definition) is 2. The maximum atomic E-state index is 12.3. The lowest BCUT2D eigenvalue weighted by Gasteiger charge is -2.20. The van der Waals surface area contributed by atoms with E-state index in [0.29, 0.717) is 6.42 Å². The third-order valence-corrected chi connectivity index (χ3v) is 5.72. The lowest BCUT2D eigenvalue weighted by molar-refractivity contribution is -0.130. The van der Waals surface area contributed by atoms with Gasteiger partial charge in [-0.3, -0.25) is 4.79 Å². The highest BCUT2D eigenvalue weighted by Gasteiger charge is 2.31. The Hall–Kier alpha value is -3.72. The SMILES string of the molecule is CC(=O)N1N=C(c2ccc3ccccc3c2)CC1c1ccc(-c2ccccc2)cc1. The maximum Gasteiger partial charge on any atom is 0.240 e. The van der Waals surface area contributed by atoms with Crippen LogP contribution in [0.25, 0.3) is 21.9 Å². The van der Waals surface area contributed by atoms with Crippen molar-refractivity contribution in [2.24, 2.45) is 5.10 Å². The molecule has 0 aromatic heterocycles. The van der Waals surface area contributed by atoms with Gasteiger partial charge in [0.15, 0.2) is 0 Å². The van der Waals surface area contributed by atoms with Crippen LogP contribution in [0.5, 0.6) is 0 Å². The van der Waals surface area contributed by atoms with Crippen LogP contribution in [0.2, 0.25) is 0 Å². The minimum atomic E-state index is -0.0752. The van der Waals surface area contributed by atoms with Crippen molar-refractivity contribution in [1.29, 1.82) is 0 Å². The van der Waals surface area contributed by atoms with E-state index in [4.69, 9.17) is 5.10 Å². The van der Waals surface area contributed by atoms with Crippen LogP contribution in [0.3, 0.4) is 0 Å². The van der Waals surface area contributed by atoms with Gasteiger partial charge < -0.3 is 0 Å². The van der Waals surface area contributed by atoms with E-state index in [-0.39, 0.29) is 11.9 Å². The highest BCUT2D eigenvalue weighted by molar-refractivity contribution is 6.05. The molecule has 0 bridgehead atoms. The third-order valence-electron chi connectivity index (χ3n) is 5.72. The molecule has 4 aromatic rings. The molecule has 0 saturated carbocycles. The summed E-state index contributed by atoms with van der Waals surface area (Å²) in [6, 6.07) is 33.4. The fourth-order valence-corrected chi connectivity index (χ4v) is 4.13. The fraction of sp³-hybridized carbons (Fsp3) is 0.111. The van der Waals surface area contributed by atoms with Crippen LogP contribution >= 0.6 is 0 Å². The number of hydrogen-bond donors (Lipinski definition) is 0. The lowest BCUT2D eigenvalue weighted by Crippen LogP contribution is -2.24. The van der Waals surface area contributed by atoms with Crippen molar-refractivity contribution in [1.82, 2.24) is 5.01 Å². The summed E-state index contributed by atoms with van der Waals surface area (Å²) in [5.41, 5.74) is 5.48. The molecule has 0 fully saturated rings. The molecule has 5 rings (SSSR count). The quantitative estimate of drug-likeness (QED) is 0.410. The molecule has 4 aromatic carbocycles. The van der Waals surface area contributed by atoms with Crippen LogP contribution in [-0.2, 0) is 4.79 Å². The van der Waals surface area contributed by atoms with Gasteiger partial charge in [-0.05, 0) is 39.1 Å². The Balaban J connectivity index is 1.45. The topological polar surface area (TPSA) is 32.7 Å². The average Bonchev–Trinajstić information content (AvgIpc) is 3.25. The molecule has 0 spiro atoms. The number of rotatable bonds is 3. The van der Waals surface area contributed by atoms with Crippen molar-refractivity contribution in [2.75, 3.05) is 0 Å². The van der Waals surface area contributed by atoms with Crippen LogP contribution < -0.4 is 0 Å². The second-order valence-electron chi connectivity index (χ2n) is 7.68. The summed E-state index contributed by atoms with van der Waals surface area (Å²) >= 11 is 0. The van der Waals surface area contributed by atoms with Crippen LogP contribution in [0.1, 0.15) is 30.5 Å². The van der Waals surface area contributed by atoms with Crippen molar-refractivity contribution in [3.05, 3.63) is 108 Å². The molecule has 1 heterocycles. The third kappa shape index (κ3) is 3.39. The van der Waals surface area contributed by atoms with Crippen LogP contribution in [0, 0.1) is 0 Å². The van der Waals surface area contributed by atoms with E-state index in [1.807, 2.05) is 30.3 Å². The fourth-order valence-electron chi connectivity index (χ4n) is 4.13. The summed E-state index contributed by atoms with van der Waals surface area (Å²) in [6.45, 7) is 1.58. The predicted molar refractivity (Wildman–Crippen MR) is 122 cm³/mol. The van der Waals surface area contributed by atoms with E-state index >= 15 is 0 Å². The Morgan fingerprint density at radius 1 is 0.767 bits per heavy atom. The smallest absolute Gasteiger partial charge is 0.240 e. The first-order valence-corrected chi connectivity index (χ1v) is 10.2. The molecule has 3 nitrogen and oxygen atoms in total. The number of nitrogens with zero attached hydrogens (tertiary/aromatic N) is 2. The standard InChI is InChI=1S/C27H22N2O/c1-19(30)29-27(23-14-11-22(12-15-23)20-7-3-2-4-8-20)18-26(28-29)25-16-13-21-9-5-6-10-24(21)17-25/h2-17,27H,18H2,1H3. The highest BCUT2D eigenvalue weighted by Crippen LogP contribution is 2.34. The molecule has 1 aliphatic heterocycles. The van der Waals surface area contributed by atoms with E-state index in [2.05, 4.69) is 66.7 Å². The van der Waals surface area contributed by atoms with Gasteiger partial charge in [-0.15, -0.1) is 0 Å². The van der Waals surface area contributed by atoms with Gasteiger partial charge in [-0.25, -0.2) is 5.01 Å². The number of fused-ring (bicyclic) bond motifs is 1. The van der Waals surface area contributed by atoms with Crippen LogP contribution in [0.4, 0.5) is 0 Å². The predicted octanol–water partition coefficient (Wildman–Crippen LogP) is 6.20. The average molecular weight is 390 g/mol. The van der Waals surface area contributed by atoms with E-state index in [0.717, 1.165) is 16.8 Å². The van der Waals surface area contributed by atoms with Gasteiger partial charge in [0.2, 0.25) is 5.91 Å². The molecule has 3 heteroatoms. The minimum absolute atomic E-state index is 0.0390. The largest absolute Gasteiger partial charge is 0.273 e. The molecule has 1 unspecified atom stereocenters. The van der Waals surface area contributed by atoms with Crippen molar-refractivity contribution in [3.63, 3.8) is 0 Å². The molecule has 1 amide bonds. The number of benzene rings is 4. The highest BCUT2D eigenvalue weighted by atomic mass is 16.2. The van der Waals surface area contributed by atoms with Crippen molar-refractivity contribution in [2.45, 2.75) is 19.4 Å². The van der Waals surface area contributed by atoms with Gasteiger partial charge >= 0.3 is 0 Å². The maximum absolute atomic E-state index is 12.3. The van der Waals surface area contributed by atoms with Crippen molar-refractivity contribution >= 4 is 22.4 Å². The summed E-state index contributed by atoms with van der Waals surface area (Å²) in [4.78, 5) is 12.3. The minimum Gasteiger partial charge on any atom is -0.273 e. The Labute approximate surface area is 176 Å². The first-order valence-electron chi connectivity index (χ1n) is 10.2. The van der Waals surface area contributed by atoms with Gasteiger partial charge in [-0.1, -0.05) is 91.0 Å². The lowest BCUT2D eigenvalue weighted by atomic mass is 9.95. The summed E-state index contributed by atoms with van der Waals surface area (Å²) in [5.74, 6) is -0.0390. The second kappa shape index (κ2) is 7.60. The summed E-state index contributed by atoms with van der Waals surface area (Å²) in [7, 11) is 0. The van der Waals surface area contributed by atoms with Gasteiger partial charge in [0.25, 0.3) is 0 Å². The first-order chi connectivity index (χ1) is 14.7. The Kier molecular flexibility index (Phi) is 4.64. The molecule has 0 radical (unpaired) electrons. The normalized spacial score (nSPS) is 16.0. The Morgan fingerprint density at radius 3 is 2.13 bits per heavy atom. The Morgan fingerprint density at radius 2 is 1.40 bits per heavy atom. The summed E-state index contributed by atoms with van der Waals surface area (Å²) < 4.78 is 0. The number of carbonyl (C=O) groups excluding carboxylic acids is 1. The van der Waals surface area contributed by atoms with E-state index in [1.54, 1.807) is 11.9 Å². The van der Waals surface area contributed by atoms with Gasteiger partial charge in [-0.2, -0.15) is 5.10 Å². The molecule has 0 saturated heterocycles. The second-order valence-corrected chi connectivity index (χ2v) is 7.68. The number of carbonyl (C=O) groups is 1. The van der Waals surface area contributed by atoms with E-state index in [9.17, 15) is 4.79 Å². The molecular formula is C27H22N2O. The summed E-state index contributed by atoms with van der Waals surface area (Å²) in [5, 5.41) is 8.72. The van der Waals surface area contributed by atoms with E-state index < -0.39 is 0 Å². The molecule has 1 atom stereocenters. The zero-order chi connectivity index (χ0) is 20.5. The first kappa shape index (κ1) is 18.3. The monoisotopic (exact) mass is 390 g/mol. The molecule has 0 N–H and O–H groups in total. The van der Waals surface area contributed by atoms with E-state index in [1.165, 1.54) is 21.9 Å². The molecule has 0 aliphatic carbocycles. The molecule has 1 aliphatic rings.